The van der Waals surface area contributed by atoms with Crippen molar-refractivity contribution in [1.29, 1.82) is 5.26 Å². The number of aromatic nitrogens is 5. The van der Waals surface area contributed by atoms with E-state index in [-0.39, 0.29) is 6.71 Å². The third-order valence-corrected chi connectivity index (χ3v) is 6.37. The smallest absolute Gasteiger partial charge is 0.251 e. The number of nitriles is 1. The molecule has 0 atom stereocenters. The largest absolute Gasteiger partial charge is 0.268 e. The van der Waals surface area contributed by atoms with Crippen LogP contribution in [0.5, 0.6) is 0 Å². The van der Waals surface area contributed by atoms with Gasteiger partial charge in [0.25, 0.3) is 6.71 Å². The maximum Gasteiger partial charge on any atom is 0.268 e. The van der Waals surface area contributed by atoms with E-state index in [1.165, 1.54) is 10.5 Å². The van der Waals surface area contributed by atoms with Crippen LogP contribution in [0.1, 0.15) is 29.0 Å². The number of thiophene rings is 1. The van der Waals surface area contributed by atoms with Gasteiger partial charge in [-0.15, -0.1) is 11.3 Å². The Bertz CT molecular complexity index is 1300. The highest BCUT2D eigenvalue weighted by Gasteiger charge is 2.20. The molecule has 1 aliphatic heterocycles. The maximum absolute atomic E-state index is 9.06. The molecule has 0 saturated carbocycles. The van der Waals surface area contributed by atoms with E-state index in [4.69, 9.17) is 10.2 Å². The first kappa shape index (κ1) is 18.0. The monoisotopic (exact) mass is 398 g/mol. The minimum atomic E-state index is 0.216. The predicted octanol–water partition coefficient (Wildman–Crippen LogP) is 4.75. The quantitative estimate of drug-likeness (QED) is 0.455. The Kier molecular flexibility index (Phi) is 4.40. The first-order valence-electron chi connectivity index (χ1n) is 9.79. The fourth-order valence-corrected chi connectivity index (χ4v) is 4.84. The molecule has 0 aliphatic carbocycles. The van der Waals surface area contributed by atoms with Crippen molar-refractivity contribution in [3.8, 4) is 17.4 Å². The normalized spacial score (nSPS) is 14.5. The lowest BCUT2D eigenvalue weighted by Crippen LogP contribution is -2.14. The summed E-state index contributed by atoms with van der Waals surface area (Å²) in [4.78, 5) is 16.0. The molecular weight excluding hydrogens is 379 g/mol. The summed E-state index contributed by atoms with van der Waals surface area (Å²) in [6, 6.07) is 4.11. The Morgan fingerprint density at radius 3 is 2.79 bits per heavy atom. The van der Waals surface area contributed by atoms with Gasteiger partial charge in [0.15, 0.2) is 5.65 Å². The zero-order valence-electron chi connectivity index (χ0n) is 16.4. The second-order valence-corrected chi connectivity index (χ2v) is 8.73. The maximum atomic E-state index is 9.06. The lowest BCUT2D eigenvalue weighted by atomic mass is 9.42. The van der Waals surface area contributed by atoms with Gasteiger partial charge >= 0.3 is 0 Å². The highest BCUT2D eigenvalue weighted by atomic mass is 32.1. The van der Waals surface area contributed by atoms with Crippen molar-refractivity contribution < 1.29 is 0 Å². The highest BCUT2D eigenvalue weighted by Crippen LogP contribution is 2.31. The lowest BCUT2D eigenvalue weighted by molar-refractivity contribution is 0.922. The summed E-state index contributed by atoms with van der Waals surface area (Å²) in [5, 5.41) is 13.7. The molecule has 0 unspecified atom stereocenters. The number of rotatable bonds is 2. The highest BCUT2D eigenvalue weighted by molar-refractivity contribution is 7.19. The molecule has 0 radical (unpaired) electrons. The molecule has 1 saturated heterocycles. The molecule has 0 amide bonds. The third kappa shape index (κ3) is 3.43. The van der Waals surface area contributed by atoms with Crippen molar-refractivity contribution >= 4 is 40.1 Å². The second-order valence-electron chi connectivity index (χ2n) is 7.66. The van der Waals surface area contributed by atoms with Crippen molar-refractivity contribution in [1.82, 2.24) is 24.6 Å². The van der Waals surface area contributed by atoms with Crippen molar-refractivity contribution in [3.63, 3.8) is 0 Å². The van der Waals surface area contributed by atoms with Crippen LogP contribution < -0.4 is 0 Å². The van der Waals surface area contributed by atoms with Crippen molar-refractivity contribution in [3.05, 3.63) is 46.2 Å². The molecule has 0 N–H and O–H groups in total. The summed E-state index contributed by atoms with van der Waals surface area (Å²) in [5.41, 5.74) is 6.77. The fraction of sp³-hybridized carbons (Fsp3) is 0.286. The van der Waals surface area contributed by atoms with Gasteiger partial charge in [0, 0.05) is 10.8 Å². The number of allylic oxidation sites excluding steroid dienone is 1. The van der Waals surface area contributed by atoms with Gasteiger partial charge in [-0.25, -0.2) is 19.7 Å². The summed E-state index contributed by atoms with van der Waals surface area (Å²) < 4.78 is 1.81. The van der Waals surface area contributed by atoms with Crippen LogP contribution in [0.25, 0.3) is 33.5 Å². The Morgan fingerprint density at radius 2 is 2.00 bits per heavy atom. The number of hydrogen-bond acceptors (Lipinski definition) is 6. The topological polar surface area (TPSA) is 79.8 Å². The summed E-state index contributed by atoms with van der Waals surface area (Å²) in [6.07, 6.45) is 9.92. The van der Waals surface area contributed by atoms with Crippen LogP contribution in [0.4, 0.5) is 0 Å². The molecule has 4 aromatic rings. The van der Waals surface area contributed by atoms with Crippen LogP contribution in [-0.2, 0) is 0 Å². The van der Waals surface area contributed by atoms with Crippen LogP contribution in [-0.4, -0.2) is 31.3 Å². The summed E-state index contributed by atoms with van der Waals surface area (Å²) in [5.74, 6) is 2.39. The zero-order valence-corrected chi connectivity index (χ0v) is 17.2. The molecular formula is C21H19BN6S. The van der Waals surface area contributed by atoms with Gasteiger partial charge < -0.3 is 0 Å². The van der Waals surface area contributed by atoms with Gasteiger partial charge in [0.05, 0.1) is 18.1 Å². The molecule has 0 aromatic carbocycles. The van der Waals surface area contributed by atoms with E-state index in [0.717, 1.165) is 64.1 Å². The molecule has 0 bridgehead atoms. The van der Waals surface area contributed by atoms with E-state index in [1.54, 1.807) is 17.5 Å². The van der Waals surface area contributed by atoms with E-state index in [2.05, 4.69) is 33.2 Å². The van der Waals surface area contributed by atoms with E-state index in [1.807, 2.05) is 30.6 Å². The molecule has 5 heterocycles. The number of imidazole rings is 1. The molecule has 1 fully saturated rings. The number of aryl methyl sites for hydroxylation is 2. The van der Waals surface area contributed by atoms with Crippen LogP contribution in [0.2, 0.25) is 12.6 Å². The number of nitrogens with zero attached hydrogens (tertiary/aromatic N) is 6. The molecule has 1 aliphatic rings. The first-order chi connectivity index (χ1) is 14.1. The Balaban J connectivity index is 1.48. The minimum Gasteiger partial charge on any atom is -0.251 e. The van der Waals surface area contributed by atoms with Gasteiger partial charge in [0.1, 0.15) is 21.7 Å². The van der Waals surface area contributed by atoms with E-state index >= 15 is 0 Å². The number of fused-ring (bicyclic) bond motifs is 2. The molecule has 5 rings (SSSR count). The van der Waals surface area contributed by atoms with E-state index in [0.29, 0.717) is 0 Å². The second kappa shape index (κ2) is 7.09. The zero-order chi connectivity index (χ0) is 20.0. The van der Waals surface area contributed by atoms with Crippen LogP contribution in [0, 0.1) is 25.1 Å². The standard InChI is InChI=1S/C21H19BN6S/c1-13-7-17(27-28-11-14(2)25-20(13)28)19-10-24-18-9-16(29-21(18)26-19)8-15-3-5-22(12-23)6-4-15/h7-11H,3-6H2,1-2H3. The third-order valence-electron chi connectivity index (χ3n) is 5.41. The van der Waals surface area contributed by atoms with Crippen molar-refractivity contribution in [2.24, 2.45) is 0 Å². The van der Waals surface area contributed by atoms with Crippen molar-refractivity contribution in [2.45, 2.75) is 39.3 Å². The van der Waals surface area contributed by atoms with Crippen LogP contribution >= 0.6 is 11.3 Å². The van der Waals surface area contributed by atoms with Gasteiger partial charge in [-0.2, -0.15) is 5.10 Å². The average Bonchev–Trinajstić information content (AvgIpc) is 3.30. The molecule has 29 heavy (non-hydrogen) atoms. The van der Waals surface area contributed by atoms with Gasteiger partial charge in [-0.1, -0.05) is 18.2 Å². The Morgan fingerprint density at radius 1 is 1.17 bits per heavy atom. The summed E-state index contributed by atoms with van der Waals surface area (Å²) in [6.45, 7) is 4.22. The molecule has 8 heteroatoms. The lowest BCUT2D eigenvalue weighted by Gasteiger charge is -2.15. The van der Waals surface area contributed by atoms with E-state index in [9.17, 15) is 0 Å². The summed E-state index contributed by atoms with van der Waals surface area (Å²) in [7, 11) is 0. The van der Waals surface area contributed by atoms with Gasteiger partial charge in [0.2, 0.25) is 0 Å². The van der Waals surface area contributed by atoms with Gasteiger partial charge in [-0.3, -0.25) is 4.98 Å². The van der Waals surface area contributed by atoms with E-state index < -0.39 is 0 Å². The number of hydrogen-bond donors (Lipinski definition) is 0. The first-order valence-corrected chi connectivity index (χ1v) is 10.6. The SMILES string of the molecule is Cc1cn2nc(-c3cnc4cc(C=C5CCB(C#N)CC5)sc4n3)cc(C)c2n1. The van der Waals surface area contributed by atoms with Crippen LogP contribution in [0.15, 0.2) is 30.1 Å². The van der Waals surface area contributed by atoms with Gasteiger partial charge in [-0.05, 0) is 50.5 Å². The van der Waals surface area contributed by atoms with Crippen molar-refractivity contribution in [2.75, 3.05) is 0 Å². The molecule has 142 valence electrons. The minimum absolute atomic E-state index is 0.216. The fourth-order valence-electron chi connectivity index (χ4n) is 3.86. The Hall–Kier alpha value is -3.05. The van der Waals surface area contributed by atoms with Crippen LogP contribution in [0.3, 0.4) is 0 Å². The molecule has 4 aromatic heterocycles. The summed E-state index contributed by atoms with van der Waals surface area (Å²) >= 11 is 1.66. The molecule has 6 nitrogen and oxygen atoms in total. The Labute approximate surface area is 173 Å². The average molecular weight is 398 g/mol. The predicted molar refractivity (Wildman–Crippen MR) is 117 cm³/mol. The molecule has 0 spiro atoms.